The number of hydrogen-bond acceptors (Lipinski definition) is 13. The highest BCUT2D eigenvalue weighted by Gasteiger charge is 2.62. The molecular formula is C66H124O13. The van der Waals surface area contributed by atoms with Gasteiger partial charge >= 0.3 is 29.8 Å². The van der Waals surface area contributed by atoms with E-state index in [9.17, 15) is 34.2 Å². The number of phenols is 1. The van der Waals surface area contributed by atoms with E-state index in [0.29, 0.717) is 62.0 Å². The first kappa shape index (κ1) is 81.8. The molecule has 2 saturated heterocycles. The maximum Gasteiger partial charge on any atom is 0.344 e. The van der Waals surface area contributed by atoms with Crippen molar-refractivity contribution in [2.75, 3.05) is 6.61 Å². The fourth-order valence-electron chi connectivity index (χ4n) is 12.0. The van der Waals surface area contributed by atoms with Crippen LogP contribution in [0.5, 0.6) is 5.75 Å². The number of aliphatic hydroxyl groups is 2. The van der Waals surface area contributed by atoms with E-state index in [1.807, 2.05) is 60.6 Å². The van der Waals surface area contributed by atoms with Crippen LogP contribution in [0.2, 0.25) is 0 Å². The van der Waals surface area contributed by atoms with E-state index in [1.165, 1.54) is 18.4 Å². The van der Waals surface area contributed by atoms with Gasteiger partial charge in [0, 0.05) is 24.2 Å². The molecule has 6 unspecified atom stereocenters. The topological polar surface area (TPSA) is 192 Å². The predicted molar refractivity (Wildman–Crippen MR) is 325 cm³/mol. The standard InChI is InChI=1S/C18H26O6.C16H26O4.C14H26O2.C10H14O.8CH4/c1-4-18(2,3)17(21)22-9-14(19)24-15-11-5-10-6-12(8-11)16(20)23-13(15)7-10;1-4-14(2,3)13(17)20-12-10-5-15(18)7-11(12)8-16(19,6-10)9-15;1-6-13(4,5)12(15)16-14(11(2)3)9-7-8-10-14;1-3-8(2)9-4-6-10(11)7-5-9;;;;;;;;/h10-13,15H,4-9H2,1-3H3;10-12,18-19H,4-9H2,1-3H3;11H,6-10H2,1-5H3;4-8,11H,3H2,1-2H3;8*1H4. The number of phenolic OH excluding ortho intramolecular Hbond substituents is 1. The third-order valence-electron chi connectivity index (χ3n) is 18.0. The number of aromatic hydroxyl groups is 1. The molecule has 13 nitrogen and oxygen atoms in total. The number of rotatable bonds is 14. The summed E-state index contributed by atoms with van der Waals surface area (Å²) in [4.78, 5) is 60.5. The summed E-state index contributed by atoms with van der Waals surface area (Å²) in [5, 5.41) is 30.1. The van der Waals surface area contributed by atoms with Gasteiger partial charge in [0.2, 0.25) is 0 Å². The van der Waals surface area contributed by atoms with E-state index in [0.717, 1.165) is 57.8 Å². The lowest BCUT2D eigenvalue weighted by atomic mass is 9.51. The molecule has 7 saturated carbocycles. The van der Waals surface area contributed by atoms with E-state index in [4.69, 9.17) is 28.8 Å². The van der Waals surface area contributed by atoms with Gasteiger partial charge in [0.1, 0.15) is 29.7 Å². The van der Waals surface area contributed by atoms with Crippen LogP contribution in [0.4, 0.5) is 0 Å². The molecule has 0 aromatic heterocycles. The molecule has 7 aliphatic carbocycles. The van der Waals surface area contributed by atoms with Gasteiger partial charge in [-0.25, -0.2) is 4.79 Å². The number of benzene rings is 1. The second-order valence-corrected chi connectivity index (χ2v) is 25.0. The lowest BCUT2D eigenvalue weighted by molar-refractivity contribution is -0.244. The van der Waals surface area contributed by atoms with Crippen LogP contribution in [0.15, 0.2) is 24.3 Å². The van der Waals surface area contributed by atoms with Gasteiger partial charge in [0.15, 0.2) is 6.61 Å². The van der Waals surface area contributed by atoms with Gasteiger partial charge in [0.05, 0.1) is 33.4 Å². The minimum Gasteiger partial charge on any atom is -0.508 e. The first-order valence-electron chi connectivity index (χ1n) is 27.3. The molecular weight excluding hydrogens is 1000 g/mol. The van der Waals surface area contributed by atoms with E-state index >= 15 is 0 Å². The molecule has 9 fully saturated rings. The van der Waals surface area contributed by atoms with E-state index in [1.54, 1.807) is 26.0 Å². The molecule has 2 aliphatic heterocycles. The second-order valence-electron chi connectivity index (χ2n) is 25.0. The number of fused-ring (bicyclic) bond motifs is 1. The molecule has 8 bridgehead atoms. The second kappa shape index (κ2) is 32.8. The smallest absolute Gasteiger partial charge is 0.344 e. The van der Waals surface area contributed by atoms with Crippen LogP contribution in [0.25, 0.3) is 0 Å². The Bertz CT molecular complexity index is 1940. The summed E-state index contributed by atoms with van der Waals surface area (Å²) >= 11 is 0. The number of esters is 5. The summed E-state index contributed by atoms with van der Waals surface area (Å²) in [5.74, 6) is 0.910. The third kappa shape index (κ3) is 20.3. The van der Waals surface area contributed by atoms with Gasteiger partial charge in [-0.3, -0.25) is 19.2 Å². The van der Waals surface area contributed by atoms with E-state index in [-0.39, 0.29) is 131 Å². The van der Waals surface area contributed by atoms with Gasteiger partial charge in [-0.2, -0.15) is 0 Å². The molecule has 0 spiro atoms. The molecule has 9 aliphatic rings. The Kier molecular flexibility index (Phi) is 34.0. The Morgan fingerprint density at radius 2 is 1.10 bits per heavy atom. The number of carbonyl (C=O) groups is 5. The first-order chi connectivity index (χ1) is 33.0. The summed E-state index contributed by atoms with van der Waals surface area (Å²) in [6.07, 6.45) is 13.5. The van der Waals surface area contributed by atoms with Crippen molar-refractivity contribution in [1.82, 2.24) is 0 Å². The van der Waals surface area contributed by atoms with Crippen molar-refractivity contribution in [3.8, 4) is 5.75 Å². The molecule has 79 heavy (non-hydrogen) atoms. The highest BCUT2D eigenvalue weighted by atomic mass is 16.6. The van der Waals surface area contributed by atoms with Crippen LogP contribution in [0.3, 0.4) is 0 Å². The van der Waals surface area contributed by atoms with Crippen LogP contribution >= 0.6 is 0 Å². The van der Waals surface area contributed by atoms with E-state index in [2.05, 4.69) is 27.7 Å². The highest BCUT2D eigenvalue weighted by Crippen LogP contribution is 2.58. The Morgan fingerprint density at radius 3 is 1.56 bits per heavy atom. The van der Waals surface area contributed by atoms with Gasteiger partial charge in [-0.05, 0) is 180 Å². The van der Waals surface area contributed by atoms with Crippen molar-refractivity contribution >= 4 is 29.8 Å². The molecule has 6 atom stereocenters. The molecule has 1 aromatic rings. The van der Waals surface area contributed by atoms with Gasteiger partial charge < -0.3 is 39.0 Å². The van der Waals surface area contributed by atoms with Crippen molar-refractivity contribution in [1.29, 1.82) is 0 Å². The fourth-order valence-corrected chi connectivity index (χ4v) is 12.0. The Morgan fingerprint density at radius 1 is 0.633 bits per heavy atom. The molecule has 466 valence electrons. The molecule has 3 N–H and O–H groups in total. The summed E-state index contributed by atoms with van der Waals surface area (Å²) in [7, 11) is 0. The van der Waals surface area contributed by atoms with Crippen LogP contribution in [0.1, 0.15) is 270 Å². The minimum absolute atomic E-state index is 0. The quantitative estimate of drug-likeness (QED) is 0.118. The summed E-state index contributed by atoms with van der Waals surface area (Å²) in [6.45, 7) is 25.5. The number of ether oxygens (including phenoxy) is 5. The highest BCUT2D eigenvalue weighted by molar-refractivity contribution is 5.80. The third-order valence-corrected chi connectivity index (χ3v) is 18.0. The lowest BCUT2D eigenvalue weighted by Crippen LogP contribution is -2.64. The Labute approximate surface area is 484 Å². The number of carbonyl (C=O) groups excluding carboxylic acids is 5. The fraction of sp³-hybridized carbons (Fsp3) is 0.833. The van der Waals surface area contributed by atoms with Crippen molar-refractivity contribution in [3.63, 3.8) is 0 Å². The van der Waals surface area contributed by atoms with Gasteiger partial charge in [0.25, 0.3) is 0 Å². The van der Waals surface area contributed by atoms with Crippen LogP contribution in [-0.4, -0.2) is 86.9 Å². The summed E-state index contributed by atoms with van der Waals surface area (Å²) in [5.41, 5.74) is -1.76. The predicted octanol–water partition coefficient (Wildman–Crippen LogP) is 16.2. The molecule has 1 aromatic carbocycles. The van der Waals surface area contributed by atoms with Crippen LogP contribution in [0, 0.1) is 51.8 Å². The first-order valence-corrected chi connectivity index (χ1v) is 27.3. The van der Waals surface area contributed by atoms with Crippen molar-refractivity contribution in [3.05, 3.63) is 29.8 Å². The molecule has 13 heteroatoms. The molecule has 10 rings (SSSR count). The minimum atomic E-state index is -0.732. The zero-order valence-corrected chi connectivity index (χ0v) is 45.7. The van der Waals surface area contributed by atoms with Crippen molar-refractivity contribution < 1.29 is 63.0 Å². The van der Waals surface area contributed by atoms with Crippen molar-refractivity contribution in [2.24, 2.45) is 51.8 Å². The average molecular weight is 1130 g/mol. The maximum atomic E-state index is 12.3. The SMILES string of the molecule is C.C.C.C.C.C.C.C.CCC(C)(C)C(=O)OC1(C(C)C)CCCC1.CCC(C)(C)C(=O)OC1C2CC3(O)CC1CC(O)(C2)C3.CCC(C)(C)C(=O)OCC(=O)OC1C2CC3CC(C2)C(=O)OC1C3.CCC(C)c1ccc(O)cc1. The molecule has 0 radical (unpaired) electrons. The van der Waals surface area contributed by atoms with Crippen LogP contribution < -0.4 is 0 Å². The Hall–Kier alpha value is -3.71. The largest absolute Gasteiger partial charge is 0.508 e. The maximum absolute atomic E-state index is 12.3. The monoisotopic (exact) mass is 1120 g/mol. The summed E-state index contributed by atoms with van der Waals surface area (Å²) < 4.78 is 27.9. The zero-order chi connectivity index (χ0) is 52.9. The molecule has 0 amide bonds. The van der Waals surface area contributed by atoms with Gasteiger partial charge in [-0.15, -0.1) is 0 Å². The normalized spacial score (nSPS) is 28.1. The lowest BCUT2D eigenvalue weighted by Gasteiger charge is -2.60. The summed E-state index contributed by atoms with van der Waals surface area (Å²) in [6, 6.07) is 7.43. The van der Waals surface area contributed by atoms with E-state index < -0.39 is 40.1 Å². The number of hydrogen-bond donors (Lipinski definition) is 3. The Balaban J connectivity index is -0.000000473. The van der Waals surface area contributed by atoms with Crippen LogP contribution in [-0.2, 0) is 47.7 Å². The van der Waals surface area contributed by atoms with Crippen molar-refractivity contribution in [2.45, 2.75) is 300 Å². The zero-order valence-electron chi connectivity index (χ0n) is 45.7. The average Bonchev–Trinajstić information content (AvgIpc) is 3.73. The molecule has 2 heterocycles. The van der Waals surface area contributed by atoms with Gasteiger partial charge in [-0.1, -0.05) is 120 Å².